The number of rotatable bonds is 2. The first-order valence-corrected chi connectivity index (χ1v) is 5.26. The Morgan fingerprint density at radius 3 is 2.76 bits per heavy atom. The molecule has 0 bridgehead atoms. The van der Waals surface area contributed by atoms with Crippen LogP contribution in [0.3, 0.4) is 0 Å². The summed E-state index contributed by atoms with van der Waals surface area (Å²) in [5, 5.41) is 0. The van der Waals surface area contributed by atoms with Crippen molar-refractivity contribution < 1.29 is 0 Å². The summed E-state index contributed by atoms with van der Waals surface area (Å²) in [6.07, 6.45) is 4.59. The summed E-state index contributed by atoms with van der Waals surface area (Å²) in [6, 6.07) is 9.80. The van der Waals surface area contributed by atoms with E-state index in [1.54, 1.807) is 17.1 Å². The molecule has 0 spiro atoms. The molecule has 0 radical (unpaired) electrons. The fourth-order valence-electron chi connectivity index (χ4n) is 1.74. The first kappa shape index (κ1) is 9.77. The van der Waals surface area contributed by atoms with Gasteiger partial charge < -0.3 is 0 Å². The highest BCUT2D eigenvalue weighted by Crippen LogP contribution is 2.00. The van der Waals surface area contributed by atoms with Crippen LogP contribution in [0.1, 0.15) is 5.56 Å². The lowest BCUT2D eigenvalue weighted by atomic mass is 10.2. The molecule has 0 saturated heterocycles. The maximum Gasteiger partial charge on any atom is 0.336 e. The Labute approximate surface area is 97.0 Å². The molecule has 3 aromatic rings. The molecule has 0 amide bonds. The molecule has 5 nitrogen and oxygen atoms in total. The monoisotopic (exact) mass is 226 g/mol. The van der Waals surface area contributed by atoms with Crippen molar-refractivity contribution in [2.75, 3.05) is 0 Å². The lowest BCUT2D eigenvalue weighted by Gasteiger charge is -2.05. The third-order valence-electron chi connectivity index (χ3n) is 2.60. The van der Waals surface area contributed by atoms with Gasteiger partial charge in [-0.2, -0.15) is 0 Å². The van der Waals surface area contributed by atoms with Crippen LogP contribution < -0.4 is 5.69 Å². The molecule has 0 N–H and O–H groups in total. The molecular weight excluding hydrogens is 216 g/mol. The zero-order valence-electron chi connectivity index (χ0n) is 9.02. The van der Waals surface area contributed by atoms with Crippen molar-refractivity contribution in [2.24, 2.45) is 0 Å². The molecule has 0 aliphatic carbocycles. The van der Waals surface area contributed by atoms with E-state index in [-0.39, 0.29) is 5.69 Å². The SMILES string of the molecule is O=c1n(Cc2ccccc2)cnc2cncn12. The van der Waals surface area contributed by atoms with Crippen LogP contribution in [0.5, 0.6) is 0 Å². The third-order valence-corrected chi connectivity index (χ3v) is 2.60. The van der Waals surface area contributed by atoms with Crippen molar-refractivity contribution in [2.45, 2.75) is 6.54 Å². The van der Waals surface area contributed by atoms with Crippen LogP contribution in [0, 0.1) is 0 Å². The molecule has 2 heterocycles. The van der Waals surface area contributed by atoms with E-state index < -0.39 is 0 Å². The molecule has 3 rings (SSSR count). The summed E-state index contributed by atoms with van der Waals surface area (Å²) < 4.78 is 2.99. The summed E-state index contributed by atoms with van der Waals surface area (Å²) in [5.74, 6) is 0. The van der Waals surface area contributed by atoms with E-state index in [4.69, 9.17) is 0 Å². The molecule has 0 fully saturated rings. The van der Waals surface area contributed by atoms with E-state index >= 15 is 0 Å². The number of imidazole rings is 1. The van der Waals surface area contributed by atoms with Gasteiger partial charge in [0.05, 0.1) is 12.7 Å². The second-order valence-electron chi connectivity index (χ2n) is 3.76. The second kappa shape index (κ2) is 3.86. The minimum absolute atomic E-state index is 0.128. The van der Waals surface area contributed by atoms with Crippen LogP contribution >= 0.6 is 0 Å². The zero-order valence-corrected chi connectivity index (χ0v) is 9.02. The molecule has 17 heavy (non-hydrogen) atoms. The topological polar surface area (TPSA) is 52.2 Å². The molecule has 0 aliphatic rings. The lowest BCUT2D eigenvalue weighted by molar-refractivity contribution is 0.691. The second-order valence-corrected chi connectivity index (χ2v) is 3.76. The highest BCUT2D eigenvalue weighted by Gasteiger charge is 2.03. The maximum atomic E-state index is 12.0. The van der Waals surface area contributed by atoms with Gasteiger partial charge in [0.15, 0.2) is 5.65 Å². The predicted molar refractivity (Wildman–Crippen MR) is 62.8 cm³/mol. The normalized spacial score (nSPS) is 10.8. The van der Waals surface area contributed by atoms with Crippen molar-refractivity contribution >= 4 is 5.65 Å². The van der Waals surface area contributed by atoms with Crippen LogP contribution in [0.25, 0.3) is 5.65 Å². The Kier molecular flexibility index (Phi) is 2.22. The minimum atomic E-state index is -0.128. The third kappa shape index (κ3) is 1.71. The van der Waals surface area contributed by atoms with Gasteiger partial charge in [-0.1, -0.05) is 30.3 Å². The van der Waals surface area contributed by atoms with E-state index in [2.05, 4.69) is 9.97 Å². The molecule has 84 valence electrons. The van der Waals surface area contributed by atoms with Gasteiger partial charge >= 0.3 is 5.69 Å². The standard InChI is InChI=1S/C12H10N4O/c17-12-15(7-10-4-2-1-3-5-10)9-14-11-6-13-8-16(11)12/h1-6,8-9H,7H2. The predicted octanol–water partition coefficient (Wildman–Crippen LogP) is 0.939. The van der Waals surface area contributed by atoms with Crippen molar-refractivity contribution in [3.63, 3.8) is 0 Å². The van der Waals surface area contributed by atoms with E-state index in [0.717, 1.165) is 5.56 Å². The maximum absolute atomic E-state index is 12.0. The molecule has 0 unspecified atom stereocenters. The van der Waals surface area contributed by atoms with Gasteiger partial charge in [-0.05, 0) is 5.56 Å². The van der Waals surface area contributed by atoms with Crippen molar-refractivity contribution in [1.29, 1.82) is 0 Å². The average Bonchev–Trinajstić information content (AvgIpc) is 2.83. The number of aromatic nitrogens is 4. The van der Waals surface area contributed by atoms with E-state index in [1.807, 2.05) is 30.3 Å². The van der Waals surface area contributed by atoms with Gasteiger partial charge in [0, 0.05) is 0 Å². The van der Waals surface area contributed by atoms with Gasteiger partial charge in [-0.15, -0.1) is 0 Å². The van der Waals surface area contributed by atoms with Crippen LogP contribution in [0.2, 0.25) is 0 Å². The lowest BCUT2D eigenvalue weighted by Crippen LogP contribution is -2.26. The van der Waals surface area contributed by atoms with Crippen molar-refractivity contribution in [3.05, 3.63) is 65.2 Å². The summed E-state index contributed by atoms with van der Waals surface area (Å²) in [6.45, 7) is 0.515. The first-order chi connectivity index (χ1) is 8.34. The zero-order chi connectivity index (χ0) is 11.7. The average molecular weight is 226 g/mol. The number of hydrogen-bond donors (Lipinski definition) is 0. The molecule has 2 aromatic heterocycles. The molecular formula is C12H10N4O. The quantitative estimate of drug-likeness (QED) is 0.653. The van der Waals surface area contributed by atoms with E-state index in [9.17, 15) is 4.79 Å². The van der Waals surface area contributed by atoms with E-state index in [1.165, 1.54) is 10.7 Å². The number of fused-ring (bicyclic) bond motifs is 1. The number of nitrogens with zero attached hydrogens (tertiary/aromatic N) is 4. The molecule has 5 heteroatoms. The van der Waals surface area contributed by atoms with Crippen molar-refractivity contribution in [1.82, 2.24) is 18.9 Å². The first-order valence-electron chi connectivity index (χ1n) is 5.26. The molecule has 0 saturated carbocycles. The highest BCUT2D eigenvalue weighted by atomic mass is 16.1. The van der Waals surface area contributed by atoms with Gasteiger partial charge in [0.25, 0.3) is 0 Å². The summed E-state index contributed by atoms with van der Waals surface area (Å²) in [7, 11) is 0. The Bertz CT molecular complexity index is 699. The largest absolute Gasteiger partial charge is 0.336 e. The number of benzene rings is 1. The summed E-state index contributed by atoms with van der Waals surface area (Å²) in [4.78, 5) is 20.1. The van der Waals surface area contributed by atoms with Gasteiger partial charge in [-0.3, -0.25) is 4.57 Å². The van der Waals surface area contributed by atoms with Crippen LogP contribution in [0.15, 0.2) is 54.0 Å². The molecule has 1 aromatic carbocycles. The fraction of sp³-hybridized carbons (Fsp3) is 0.0833. The smallest absolute Gasteiger partial charge is 0.279 e. The Hall–Kier alpha value is -2.43. The van der Waals surface area contributed by atoms with Crippen molar-refractivity contribution in [3.8, 4) is 0 Å². The van der Waals surface area contributed by atoms with E-state index in [0.29, 0.717) is 12.2 Å². The molecule has 0 aliphatic heterocycles. The van der Waals surface area contributed by atoms with Gasteiger partial charge in [0.2, 0.25) is 0 Å². The van der Waals surface area contributed by atoms with Gasteiger partial charge in [0.1, 0.15) is 12.7 Å². The highest BCUT2D eigenvalue weighted by molar-refractivity contribution is 5.32. The Morgan fingerprint density at radius 1 is 1.12 bits per heavy atom. The van der Waals surface area contributed by atoms with Crippen LogP contribution in [0.4, 0.5) is 0 Å². The fourth-order valence-corrected chi connectivity index (χ4v) is 1.74. The number of hydrogen-bond acceptors (Lipinski definition) is 3. The minimum Gasteiger partial charge on any atom is -0.279 e. The Morgan fingerprint density at radius 2 is 1.94 bits per heavy atom. The Balaban J connectivity index is 2.07. The van der Waals surface area contributed by atoms with Crippen LogP contribution in [-0.4, -0.2) is 18.9 Å². The summed E-state index contributed by atoms with van der Waals surface area (Å²) >= 11 is 0. The molecule has 0 atom stereocenters. The summed E-state index contributed by atoms with van der Waals surface area (Å²) in [5.41, 5.74) is 1.51. The van der Waals surface area contributed by atoms with Crippen LogP contribution in [-0.2, 0) is 6.54 Å². The van der Waals surface area contributed by atoms with Gasteiger partial charge in [-0.25, -0.2) is 19.2 Å².